The SMILES string of the molecule is CC(C)[C@H](NC(=O)c1ccc(Cl)cc1)C(=O)N1CCN(c2ncccn2)CC1. The highest BCUT2D eigenvalue weighted by atomic mass is 35.5. The average Bonchev–Trinajstić information content (AvgIpc) is 2.72. The molecular weight excluding hydrogens is 378 g/mol. The maximum Gasteiger partial charge on any atom is 0.251 e. The minimum Gasteiger partial charge on any atom is -0.340 e. The maximum atomic E-state index is 13.0. The van der Waals surface area contributed by atoms with Crippen molar-refractivity contribution >= 4 is 29.4 Å². The Morgan fingerprint density at radius 2 is 1.64 bits per heavy atom. The number of nitrogens with zero attached hydrogens (tertiary/aromatic N) is 4. The van der Waals surface area contributed by atoms with Gasteiger partial charge in [-0.15, -0.1) is 0 Å². The molecule has 0 saturated carbocycles. The molecule has 148 valence electrons. The first-order valence-corrected chi connectivity index (χ1v) is 9.70. The summed E-state index contributed by atoms with van der Waals surface area (Å²) in [7, 11) is 0. The van der Waals surface area contributed by atoms with E-state index in [1.165, 1.54) is 0 Å². The first-order valence-electron chi connectivity index (χ1n) is 9.33. The van der Waals surface area contributed by atoms with Gasteiger partial charge in [0.2, 0.25) is 11.9 Å². The van der Waals surface area contributed by atoms with Crippen LogP contribution in [-0.4, -0.2) is 58.9 Å². The Bertz CT molecular complexity index is 805. The van der Waals surface area contributed by atoms with E-state index in [1.54, 1.807) is 47.6 Å². The zero-order valence-electron chi connectivity index (χ0n) is 16.0. The minimum absolute atomic E-state index is 0.0285. The van der Waals surface area contributed by atoms with Crippen molar-refractivity contribution in [3.8, 4) is 0 Å². The molecule has 1 N–H and O–H groups in total. The molecule has 8 heteroatoms. The summed E-state index contributed by atoms with van der Waals surface area (Å²) >= 11 is 5.88. The van der Waals surface area contributed by atoms with Gasteiger partial charge >= 0.3 is 0 Å². The fourth-order valence-corrected chi connectivity index (χ4v) is 3.24. The van der Waals surface area contributed by atoms with Crippen molar-refractivity contribution in [3.05, 3.63) is 53.3 Å². The van der Waals surface area contributed by atoms with Crippen molar-refractivity contribution < 1.29 is 9.59 Å². The number of amides is 2. The molecule has 7 nitrogen and oxygen atoms in total. The van der Waals surface area contributed by atoms with Gasteiger partial charge in [-0.3, -0.25) is 9.59 Å². The number of rotatable bonds is 5. The standard InChI is InChI=1S/C20H24ClN5O2/c1-14(2)17(24-18(27)15-4-6-16(21)7-5-15)19(28)25-10-12-26(13-11-25)20-22-8-3-9-23-20/h3-9,14,17H,10-13H2,1-2H3,(H,24,27)/t17-/m0/s1. The monoisotopic (exact) mass is 401 g/mol. The lowest BCUT2D eigenvalue weighted by atomic mass is 10.0. The number of aromatic nitrogens is 2. The van der Waals surface area contributed by atoms with Crippen molar-refractivity contribution in [2.75, 3.05) is 31.1 Å². The average molecular weight is 402 g/mol. The molecule has 28 heavy (non-hydrogen) atoms. The van der Waals surface area contributed by atoms with E-state index in [4.69, 9.17) is 11.6 Å². The first-order chi connectivity index (χ1) is 13.5. The molecule has 0 radical (unpaired) electrons. The van der Waals surface area contributed by atoms with Crippen molar-refractivity contribution in [1.29, 1.82) is 0 Å². The Kier molecular flexibility index (Phi) is 6.46. The summed E-state index contributed by atoms with van der Waals surface area (Å²) in [4.78, 5) is 38.0. The number of piperazine rings is 1. The number of nitrogens with one attached hydrogen (secondary N) is 1. The third kappa shape index (κ3) is 4.78. The van der Waals surface area contributed by atoms with E-state index in [1.807, 2.05) is 13.8 Å². The van der Waals surface area contributed by atoms with Gasteiger partial charge in [0.15, 0.2) is 0 Å². The van der Waals surface area contributed by atoms with E-state index in [0.717, 1.165) is 0 Å². The summed E-state index contributed by atoms with van der Waals surface area (Å²) < 4.78 is 0. The predicted molar refractivity (Wildman–Crippen MR) is 108 cm³/mol. The molecule has 1 aromatic carbocycles. The maximum absolute atomic E-state index is 13.0. The lowest BCUT2D eigenvalue weighted by Crippen LogP contribution is -2.56. The van der Waals surface area contributed by atoms with E-state index in [2.05, 4.69) is 20.2 Å². The third-order valence-electron chi connectivity index (χ3n) is 4.75. The quantitative estimate of drug-likeness (QED) is 0.831. The van der Waals surface area contributed by atoms with Crippen molar-refractivity contribution in [3.63, 3.8) is 0 Å². The molecule has 1 aliphatic heterocycles. The molecule has 1 atom stereocenters. The molecule has 2 aromatic rings. The Labute approximate surface area is 169 Å². The topological polar surface area (TPSA) is 78.4 Å². The number of hydrogen-bond acceptors (Lipinski definition) is 5. The highest BCUT2D eigenvalue weighted by Crippen LogP contribution is 2.14. The van der Waals surface area contributed by atoms with Crippen LogP contribution in [0.25, 0.3) is 0 Å². The van der Waals surface area contributed by atoms with Crippen LogP contribution in [0.4, 0.5) is 5.95 Å². The van der Waals surface area contributed by atoms with Gasteiger partial charge in [-0.1, -0.05) is 25.4 Å². The van der Waals surface area contributed by atoms with Crippen molar-refractivity contribution in [2.45, 2.75) is 19.9 Å². The van der Waals surface area contributed by atoms with Crippen LogP contribution in [0.15, 0.2) is 42.7 Å². The molecule has 1 fully saturated rings. The van der Waals surface area contributed by atoms with Crippen LogP contribution in [-0.2, 0) is 4.79 Å². The predicted octanol–water partition coefficient (Wildman–Crippen LogP) is 2.23. The number of carbonyl (C=O) groups is 2. The lowest BCUT2D eigenvalue weighted by Gasteiger charge is -2.37. The fraction of sp³-hybridized carbons (Fsp3) is 0.400. The van der Waals surface area contributed by atoms with Gasteiger partial charge in [0, 0.05) is 49.2 Å². The van der Waals surface area contributed by atoms with E-state index < -0.39 is 6.04 Å². The summed E-state index contributed by atoms with van der Waals surface area (Å²) in [6.07, 6.45) is 3.42. The summed E-state index contributed by atoms with van der Waals surface area (Å²) in [5.74, 6) is 0.302. The molecule has 0 spiro atoms. The highest BCUT2D eigenvalue weighted by molar-refractivity contribution is 6.30. The normalized spacial score (nSPS) is 15.4. The summed E-state index contributed by atoms with van der Waals surface area (Å²) in [5.41, 5.74) is 0.480. The zero-order chi connectivity index (χ0) is 20.1. The second-order valence-electron chi connectivity index (χ2n) is 7.06. The first kappa shape index (κ1) is 20.1. The van der Waals surface area contributed by atoms with Crippen molar-refractivity contribution in [1.82, 2.24) is 20.2 Å². The summed E-state index contributed by atoms with van der Waals surface area (Å²) in [6, 6.07) is 7.82. The van der Waals surface area contributed by atoms with E-state index >= 15 is 0 Å². The van der Waals surface area contributed by atoms with Gasteiger partial charge in [-0.25, -0.2) is 9.97 Å². The van der Waals surface area contributed by atoms with Gasteiger partial charge in [0.25, 0.3) is 5.91 Å². The van der Waals surface area contributed by atoms with Gasteiger partial charge in [0.1, 0.15) is 6.04 Å². The summed E-state index contributed by atoms with van der Waals surface area (Å²) in [6.45, 7) is 6.31. The molecule has 3 rings (SSSR count). The Morgan fingerprint density at radius 3 is 2.21 bits per heavy atom. The van der Waals surface area contributed by atoms with Crippen LogP contribution in [0.5, 0.6) is 0 Å². The fourth-order valence-electron chi connectivity index (χ4n) is 3.12. The zero-order valence-corrected chi connectivity index (χ0v) is 16.8. The molecule has 1 aliphatic rings. The van der Waals surface area contributed by atoms with Crippen molar-refractivity contribution in [2.24, 2.45) is 5.92 Å². The number of halogens is 1. The van der Waals surface area contributed by atoms with E-state index in [-0.39, 0.29) is 17.7 Å². The van der Waals surface area contributed by atoms with Crippen LogP contribution in [0.2, 0.25) is 5.02 Å². The lowest BCUT2D eigenvalue weighted by molar-refractivity contribution is -0.134. The molecular formula is C20H24ClN5O2. The molecule has 2 heterocycles. The number of carbonyl (C=O) groups excluding carboxylic acids is 2. The largest absolute Gasteiger partial charge is 0.340 e. The molecule has 0 bridgehead atoms. The van der Waals surface area contributed by atoms with E-state index in [9.17, 15) is 9.59 Å². The van der Waals surface area contributed by atoms with Gasteiger partial charge in [-0.2, -0.15) is 0 Å². The van der Waals surface area contributed by atoms with Gasteiger partial charge in [0.05, 0.1) is 0 Å². The molecule has 0 unspecified atom stereocenters. The number of hydrogen-bond donors (Lipinski definition) is 1. The second kappa shape index (κ2) is 9.01. The molecule has 1 aromatic heterocycles. The van der Waals surface area contributed by atoms with Gasteiger partial charge in [-0.05, 0) is 36.2 Å². The number of anilines is 1. The Hall–Kier alpha value is -2.67. The third-order valence-corrected chi connectivity index (χ3v) is 5.00. The van der Waals surface area contributed by atoms with Crippen LogP contribution in [0.1, 0.15) is 24.2 Å². The van der Waals surface area contributed by atoms with Crippen LogP contribution in [0.3, 0.4) is 0 Å². The molecule has 2 amide bonds. The Morgan fingerprint density at radius 1 is 1.04 bits per heavy atom. The van der Waals surface area contributed by atoms with Crippen LogP contribution < -0.4 is 10.2 Å². The Balaban J connectivity index is 1.62. The smallest absolute Gasteiger partial charge is 0.251 e. The van der Waals surface area contributed by atoms with Gasteiger partial charge < -0.3 is 15.1 Å². The minimum atomic E-state index is -0.581. The van der Waals surface area contributed by atoms with Crippen LogP contribution >= 0.6 is 11.6 Å². The summed E-state index contributed by atoms with van der Waals surface area (Å²) in [5, 5.41) is 3.44. The van der Waals surface area contributed by atoms with E-state index in [0.29, 0.717) is 42.7 Å². The molecule has 0 aliphatic carbocycles. The highest BCUT2D eigenvalue weighted by Gasteiger charge is 2.31. The van der Waals surface area contributed by atoms with Crippen LogP contribution in [0, 0.1) is 5.92 Å². The number of benzene rings is 1. The second-order valence-corrected chi connectivity index (χ2v) is 7.50. The molecule has 1 saturated heterocycles.